The second-order valence-electron chi connectivity index (χ2n) is 4.26. The molecule has 0 saturated heterocycles. The minimum atomic E-state index is -3.88. The standard InChI is InChI=1S/C11H15N4O3P/c1-15(9-19(16,17)18-2)6-4-10(7-14-15)11-3-5-12-8-13-11/h3-8H,9H2,1-2H3,(H,16,17)/p-1. The van der Waals surface area contributed by atoms with Gasteiger partial charge in [-0.3, -0.25) is 0 Å². The van der Waals surface area contributed by atoms with Gasteiger partial charge in [-0.2, -0.15) is 0 Å². The smallest absolute Gasteiger partial charge is 0.189 e. The van der Waals surface area contributed by atoms with E-state index < -0.39 is 7.60 Å². The maximum absolute atomic E-state index is 11.5. The summed E-state index contributed by atoms with van der Waals surface area (Å²) in [6, 6.07) is 1.76. The van der Waals surface area contributed by atoms with Crippen molar-refractivity contribution in [2.24, 2.45) is 0 Å². The first-order valence-electron chi connectivity index (χ1n) is 5.53. The predicted octanol–water partition coefficient (Wildman–Crippen LogP) is 1.24. The number of quaternary nitrogens is 1. The summed E-state index contributed by atoms with van der Waals surface area (Å²) in [6.45, 7) is 0. The van der Waals surface area contributed by atoms with E-state index in [1.54, 1.807) is 37.8 Å². The molecule has 2 unspecified atom stereocenters. The van der Waals surface area contributed by atoms with Crippen molar-refractivity contribution in [3.05, 3.63) is 48.2 Å². The summed E-state index contributed by atoms with van der Waals surface area (Å²) in [4.78, 5) is 19.4. The van der Waals surface area contributed by atoms with E-state index in [9.17, 15) is 9.46 Å². The van der Waals surface area contributed by atoms with Gasteiger partial charge in [0, 0.05) is 13.3 Å². The highest BCUT2D eigenvalue weighted by Crippen LogP contribution is 2.41. The van der Waals surface area contributed by atoms with Gasteiger partial charge in [-0.05, 0) is 17.7 Å². The Morgan fingerprint density at radius 3 is 2.89 bits per heavy atom. The van der Waals surface area contributed by atoms with E-state index in [1.807, 2.05) is 0 Å². The molecule has 0 fully saturated rings. The molecule has 0 N–H and O–H groups in total. The van der Waals surface area contributed by atoms with Crippen molar-refractivity contribution in [2.45, 2.75) is 0 Å². The molecule has 1 aromatic rings. The Kier molecular flexibility index (Phi) is 3.82. The van der Waals surface area contributed by atoms with Crippen LogP contribution in [0.2, 0.25) is 0 Å². The van der Waals surface area contributed by atoms with Crippen LogP contribution in [0.5, 0.6) is 0 Å². The zero-order valence-corrected chi connectivity index (χ0v) is 11.5. The largest absolute Gasteiger partial charge is 0.774 e. The molecule has 7 nitrogen and oxygen atoms in total. The summed E-state index contributed by atoms with van der Waals surface area (Å²) in [6.07, 6.45) is 7.91. The van der Waals surface area contributed by atoms with Gasteiger partial charge in [-0.25, -0.2) is 9.97 Å². The van der Waals surface area contributed by atoms with Crippen molar-refractivity contribution < 1.29 is 18.6 Å². The van der Waals surface area contributed by atoms with Crippen LogP contribution in [0.3, 0.4) is 0 Å². The lowest BCUT2D eigenvalue weighted by Crippen LogP contribution is -2.36. The van der Waals surface area contributed by atoms with Crippen LogP contribution in [0.1, 0.15) is 5.69 Å². The molecule has 0 bridgehead atoms. The summed E-state index contributed by atoms with van der Waals surface area (Å²) in [5.41, 5.74) is 5.76. The van der Waals surface area contributed by atoms with Crippen LogP contribution in [0.4, 0.5) is 0 Å². The molecule has 1 aliphatic rings. The Bertz CT molecular complexity index is 560. The summed E-state index contributed by atoms with van der Waals surface area (Å²) in [7, 11) is -1.05. The van der Waals surface area contributed by atoms with Gasteiger partial charge in [-0.15, -0.1) is 6.20 Å². The third kappa shape index (κ3) is 3.48. The van der Waals surface area contributed by atoms with Gasteiger partial charge in [0.25, 0.3) is 0 Å². The van der Waals surface area contributed by atoms with Crippen LogP contribution in [-0.2, 0) is 9.09 Å². The summed E-state index contributed by atoms with van der Waals surface area (Å²) in [5, 5.41) is 0. The molecule has 19 heavy (non-hydrogen) atoms. The van der Waals surface area contributed by atoms with Crippen molar-refractivity contribution >= 4 is 13.2 Å². The maximum atomic E-state index is 11.5. The molecule has 1 aliphatic heterocycles. The van der Waals surface area contributed by atoms with E-state index in [0.29, 0.717) is 0 Å². The van der Waals surface area contributed by atoms with E-state index in [-0.39, 0.29) is 10.9 Å². The van der Waals surface area contributed by atoms with Crippen LogP contribution >= 0.6 is 7.60 Å². The molecule has 102 valence electrons. The van der Waals surface area contributed by atoms with Crippen molar-refractivity contribution in [1.29, 1.82) is 0 Å². The van der Waals surface area contributed by atoms with Gasteiger partial charge in [0.1, 0.15) is 12.6 Å². The SMILES string of the molecule is COP(=O)([O-])C[N+]1(C)C=CC(c2ccncn2)=C[N-]1. The predicted molar refractivity (Wildman–Crippen MR) is 68.2 cm³/mol. The summed E-state index contributed by atoms with van der Waals surface area (Å²) < 4.78 is 15.8. The molecule has 0 spiro atoms. The van der Waals surface area contributed by atoms with Crippen molar-refractivity contribution in [2.75, 3.05) is 20.4 Å². The van der Waals surface area contributed by atoms with Crippen molar-refractivity contribution in [1.82, 2.24) is 9.97 Å². The van der Waals surface area contributed by atoms with Crippen LogP contribution in [0, 0.1) is 0 Å². The van der Waals surface area contributed by atoms with Crippen LogP contribution in [-0.4, -0.2) is 35.0 Å². The lowest BCUT2D eigenvalue weighted by molar-refractivity contribution is -0.808. The van der Waals surface area contributed by atoms with Crippen molar-refractivity contribution in [3.8, 4) is 0 Å². The van der Waals surface area contributed by atoms with E-state index in [2.05, 4.69) is 19.9 Å². The second kappa shape index (κ2) is 5.22. The molecule has 8 heteroatoms. The third-order valence-electron chi connectivity index (χ3n) is 2.65. The first-order valence-corrected chi connectivity index (χ1v) is 7.26. The van der Waals surface area contributed by atoms with Gasteiger partial charge < -0.3 is 24.0 Å². The number of nitrogens with zero attached hydrogens (tertiary/aromatic N) is 4. The van der Waals surface area contributed by atoms with E-state index in [0.717, 1.165) is 18.4 Å². The van der Waals surface area contributed by atoms with Crippen LogP contribution < -0.4 is 4.89 Å². The zero-order chi connectivity index (χ0) is 13.9. The molecular formula is C11H14N4O3P-. The molecule has 2 atom stereocenters. The lowest BCUT2D eigenvalue weighted by Gasteiger charge is -2.45. The minimum absolute atomic E-state index is 0.108. The normalized spacial score (nSPS) is 25.3. The quantitative estimate of drug-likeness (QED) is 0.611. The molecule has 0 saturated carbocycles. The van der Waals surface area contributed by atoms with Crippen molar-refractivity contribution in [3.63, 3.8) is 0 Å². The highest BCUT2D eigenvalue weighted by atomic mass is 31.2. The van der Waals surface area contributed by atoms with Crippen LogP contribution in [0.15, 0.2) is 37.1 Å². The number of aromatic nitrogens is 2. The highest BCUT2D eigenvalue weighted by Gasteiger charge is 2.21. The average Bonchev–Trinajstić information content (AvgIpc) is 2.40. The topological polar surface area (TPSA) is 89.2 Å². The molecule has 0 radical (unpaired) electrons. The number of hydrogen-bond donors (Lipinski definition) is 0. The Balaban J connectivity index is 2.12. The van der Waals surface area contributed by atoms with Gasteiger partial charge >= 0.3 is 0 Å². The number of rotatable bonds is 4. The average molecular weight is 281 g/mol. The van der Waals surface area contributed by atoms with Gasteiger partial charge in [0.2, 0.25) is 0 Å². The second-order valence-corrected chi connectivity index (χ2v) is 6.13. The monoisotopic (exact) mass is 281 g/mol. The molecule has 1 aromatic heterocycles. The Labute approximate surface area is 111 Å². The van der Waals surface area contributed by atoms with Crippen LogP contribution in [0.25, 0.3) is 11.0 Å². The Hall–Kier alpha value is -1.53. The van der Waals surface area contributed by atoms with Gasteiger partial charge in [-0.1, -0.05) is 0 Å². The molecule has 0 aliphatic carbocycles. The molecular weight excluding hydrogens is 267 g/mol. The summed E-state index contributed by atoms with van der Waals surface area (Å²) >= 11 is 0. The maximum Gasteiger partial charge on any atom is 0.189 e. The van der Waals surface area contributed by atoms with Gasteiger partial charge in [0.05, 0.1) is 18.9 Å². The minimum Gasteiger partial charge on any atom is -0.774 e. The fourth-order valence-electron chi connectivity index (χ4n) is 1.62. The number of allylic oxidation sites excluding steroid dienone is 2. The highest BCUT2D eigenvalue weighted by molar-refractivity contribution is 7.51. The first kappa shape index (κ1) is 13.9. The Morgan fingerprint density at radius 1 is 1.58 bits per heavy atom. The molecule has 2 rings (SSSR count). The molecule has 0 aromatic carbocycles. The van der Waals surface area contributed by atoms with E-state index in [1.165, 1.54) is 6.33 Å². The summed E-state index contributed by atoms with van der Waals surface area (Å²) in [5.74, 6) is 0. The zero-order valence-electron chi connectivity index (χ0n) is 10.6. The molecule has 0 amide bonds. The first-order chi connectivity index (χ1) is 8.94. The molecule has 2 heterocycles. The fraction of sp³-hybridized carbons (Fsp3) is 0.273. The number of hydrogen-bond acceptors (Lipinski definition) is 5. The lowest BCUT2D eigenvalue weighted by atomic mass is 10.2. The Morgan fingerprint density at radius 2 is 2.37 bits per heavy atom. The van der Waals surface area contributed by atoms with Gasteiger partial charge in [0.15, 0.2) is 7.60 Å². The fourth-order valence-corrected chi connectivity index (χ4v) is 2.61. The van der Waals surface area contributed by atoms with E-state index >= 15 is 0 Å². The van der Waals surface area contributed by atoms with E-state index in [4.69, 9.17) is 0 Å². The third-order valence-corrected chi connectivity index (χ3v) is 4.13.